The average molecular weight is 797 g/mol. The SMILES string of the molecule is C/N=C\c1cc(-c2cc3sc(NCCN(C)C)nc3nc2C(Cc2cc(F)cc(F)c2)NC(=O)Cn2nc(C(F)F)c3c2C(F)(F)CCC3(F)F)ccc1F. The van der Waals surface area contributed by atoms with Crippen LogP contribution < -0.4 is 10.6 Å². The van der Waals surface area contributed by atoms with E-state index < -0.39 is 84.0 Å². The number of alkyl halides is 6. The molecule has 1 unspecified atom stereocenters. The molecule has 0 spiro atoms. The summed E-state index contributed by atoms with van der Waals surface area (Å²) in [7, 11) is 5.22. The number of carbonyl (C=O) groups excluding carboxylic acids is 1. The summed E-state index contributed by atoms with van der Waals surface area (Å²) in [6.07, 6.45) is -5.55. The molecule has 55 heavy (non-hydrogen) atoms. The van der Waals surface area contributed by atoms with Crippen molar-refractivity contribution in [3.8, 4) is 11.1 Å². The zero-order valence-corrected chi connectivity index (χ0v) is 30.2. The summed E-state index contributed by atoms with van der Waals surface area (Å²) in [5, 5.41) is 9.60. The lowest BCUT2D eigenvalue weighted by atomic mass is 9.89. The molecule has 1 aliphatic rings. The molecule has 2 N–H and O–H groups in total. The van der Waals surface area contributed by atoms with Gasteiger partial charge in [-0.3, -0.25) is 14.5 Å². The molecule has 0 saturated carbocycles. The van der Waals surface area contributed by atoms with Crippen LogP contribution in [0, 0.1) is 17.5 Å². The Balaban J connectivity index is 1.48. The average Bonchev–Trinajstić information content (AvgIpc) is 3.69. The van der Waals surface area contributed by atoms with Crippen LogP contribution in [0.5, 0.6) is 0 Å². The third-order valence-electron chi connectivity index (χ3n) is 8.79. The van der Waals surface area contributed by atoms with Crippen LogP contribution in [0.2, 0.25) is 0 Å². The Morgan fingerprint density at radius 2 is 1.71 bits per heavy atom. The van der Waals surface area contributed by atoms with Crippen molar-refractivity contribution < 1.29 is 44.3 Å². The minimum Gasteiger partial charge on any atom is -0.360 e. The number of thiazole rings is 1. The molecule has 0 fully saturated rings. The molecule has 1 aliphatic carbocycles. The summed E-state index contributed by atoms with van der Waals surface area (Å²) in [6.45, 7) is -0.0304. The molecule has 0 radical (unpaired) electrons. The Kier molecular flexibility index (Phi) is 11.2. The van der Waals surface area contributed by atoms with Crippen molar-refractivity contribution in [2.24, 2.45) is 4.99 Å². The highest BCUT2D eigenvalue weighted by Crippen LogP contribution is 2.52. The van der Waals surface area contributed by atoms with Gasteiger partial charge in [-0.05, 0) is 62.0 Å². The number of pyridine rings is 1. The highest BCUT2D eigenvalue weighted by Gasteiger charge is 2.55. The number of benzene rings is 2. The van der Waals surface area contributed by atoms with Crippen LogP contribution in [0.15, 0.2) is 47.5 Å². The van der Waals surface area contributed by atoms with Crippen LogP contribution in [-0.4, -0.2) is 71.0 Å². The fraction of sp³-hybridized carbons (Fsp3) is 0.361. The standard InChI is InChI=1S/C36H33F9N8OS/c1-46-16-20-13-19(4-5-24(20)39)23-15-26-33(50-34(55-26)47-8-9-52(2)3)49-29(23)25(12-18-10-21(37)14-22(38)11-18)48-27(54)17-53-31-28(30(51-53)32(40)41)35(42,43)6-7-36(31,44)45/h4-5,10-11,13-16,25,32H,6-9,12,17H2,1-3H3,(H,48,54)(H,47,49,50)/b46-16-. The van der Waals surface area contributed by atoms with Crippen LogP contribution in [0.4, 0.5) is 44.6 Å². The maximum atomic E-state index is 15.1. The number of hydrogen-bond acceptors (Lipinski definition) is 8. The smallest absolute Gasteiger partial charge is 0.290 e. The molecule has 0 saturated heterocycles. The summed E-state index contributed by atoms with van der Waals surface area (Å²) in [5.74, 6) is -11.8. The van der Waals surface area contributed by atoms with Crippen molar-refractivity contribution >= 4 is 38.9 Å². The van der Waals surface area contributed by atoms with E-state index in [4.69, 9.17) is 4.98 Å². The van der Waals surface area contributed by atoms with Crippen LogP contribution in [0.25, 0.3) is 21.5 Å². The molecule has 0 aliphatic heterocycles. The van der Waals surface area contributed by atoms with Crippen molar-refractivity contribution in [3.05, 3.63) is 93.7 Å². The predicted molar refractivity (Wildman–Crippen MR) is 189 cm³/mol. The number of fused-ring (bicyclic) bond motifs is 2. The van der Waals surface area contributed by atoms with Gasteiger partial charge in [0.2, 0.25) is 5.91 Å². The van der Waals surface area contributed by atoms with E-state index in [1.165, 1.54) is 42.8 Å². The summed E-state index contributed by atoms with van der Waals surface area (Å²) < 4.78 is 132. The first-order valence-electron chi connectivity index (χ1n) is 16.8. The monoisotopic (exact) mass is 796 g/mol. The number of nitrogens with zero attached hydrogens (tertiary/aromatic N) is 6. The normalized spacial score (nSPS) is 15.6. The number of carbonyl (C=O) groups is 1. The van der Waals surface area contributed by atoms with Crippen LogP contribution >= 0.6 is 11.3 Å². The largest absolute Gasteiger partial charge is 0.360 e. The molecule has 9 nitrogen and oxygen atoms in total. The third-order valence-corrected chi connectivity index (χ3v) is 9.74. The zero-order valence-electron chi connectivity index (χ0n) is 29.4. The molecule has 1 amide bonds. The van der Waals surface area contributed by atoms with Gasteiger partial charge in [-0.15, -0.1) is 0 Å². The van der Waals surface area contributed by atoms with Crippen molar-refractivity contribution in [2.75, 3.05) is 39.5 Å². The van der Waals surface area contributed by atoms with Gasteiger partial charge < -0.3 is 15.5 Å². The van der Waals surface area contributed by atoms with Gasteiger partial charge in [-0.2, -0.15) is 13.9 Å². The van der Waals surface area contributed by atoms with Crippen LogP contribution in [0.3, 0.4) is 0 Å². The molecule has 6 rings (SSSR count). The quantitative estimate of drug-likeness (QED) is 0.0926. The molecule has 2 aromatic carbocycles. The van der Waals surface area contributed by atoms with Crippen LogP contribution in [-0.2, 0) is 29.6 Å². The first kappa shape index (κ1) is 39.6. The molecule has 292 valence electrons. The van der Waals surface area contributed by atoms with E-state index in [9.17, 15) is 35.5 Å². The van der Waals surface area contributed by atoms with Gasteiger partial charge in [0, 0.05) is 56.4 Å². The van der Waals surface area contributed by atoms with Gasteiger partial charge in [0.25, 0.3) is 18.3 Å². The number of likely N-dealkylation sites (N-methyl/N-ethyl adjacent to an activating group) is 1. The molecular weight excluding hydrogens is 764 g/mol. The van der Waals surface area contributed by atoms with E-state index >= 15 is 8.78 Å². The van der Waals surface area contributed by atoms with Gasteiger partial charge in [0.1, 0.15) is 35.4 Å². The van der Waals surface area contributed by atoms with Crippen molar-refractivity contribution in [1.82, 2.24) is 30.0 Å². The second-order valence-electron chi connectivity index (χ2n) is 13.2. The number of aliphatic imine (C=N–C) groups is 1. The van der Waals surface area contributed by atoms with E-state index in [2.05, 4.69) is 25.7 Å². The Bertz CT molecular complexity index is 2240. The summed E-state index contributed by atoms with van der Waals surface area (Å²) in [4.78, 5) is 28.9. The van der Waals surface area contributed by atoms with E-state index in [0.29, 0.717) is 40.1 Å². The lowest BCUT2D eigenvalue weighted by molar-refractivity contribution is -0.123. The molecule has 0 bridgehead atoms. The predicted octanol–water partition coefficient (Wildman–Crippen LogP) is 8.01. The summed E-state index contributed by atoms with van der Waals surface area (Å²) in [5.41, 5.74) is -3.73. The molecule has 1 atom stereocenters. The van der Waals surface area contributed by atoms with Crippen molar-refractivity contribution in [1.29, 1.82) is 0 Å². The topological polar surface area (TPSA) is 100 Å². The molecule has 19 heteroatoms. The van der Waals surface area contributed by atoms with Gasteiger partial charge in [0.15, 0.2) is 10.8 Å². The maximum absolute atomic E-state index is 15.1. The molecular formula is C36H33F9N8OS. The second kappa shape index (κ2) is 15.6. The fourth-order valence-corrected chi connectivity index (χ4v) is 7.25. The Hall–Kier alpha value is -5.04. The summed E-state index contributed by atoms with van der Waals surface area (Å²) in [6, 6.07) is 6.98. The zero-order chi connectivity index (χ0) is 39.8. The molecule has 3 aromatic heterocycles. The van der Waals surface area contributed by atoms with E-state index in [1.807, 2.05) is 19.0 Å². The molecule has 5 aromatic rings. The number of amides is 1. The van der Waals surface area contributed by atoms with Crippen molar-refractivity contribution in [3.63, 3.8) is 0 Å². The van der Waals surface area contributed by atoms with E-state index in [-0.39, 0.29) is 33.6 Å². The number of hydrogen-bond donors (Lipinski definition) is 2. The lowest BCUT2D eigenvalue weighted by Gasteiger charge is -2.29. The molecule has 3 heterocycles. The summed E-state index contributed by atoms with van der Waals surface area (Å²) >= 11 is 1.24. The van der Waals surface area contributed by atoms with Gasteiger partial charge in [-0.1, -0.05) is 17.4 Å². The Morgan fingerprint density at radius 1 is 1.00 bits per heavy atom. The highest BCUT2D eigenvalue weighted by molar-refractivity contribution is 7.22. The van der Waals surface area contributed by atoms with E-state index in [0.717, 1.165) is 12.1 Å². The van der Waals surface area contributed by atoms with Crippen molar-refractivity contribution in [2.45, 2.75) is 50.1 Å². The lowest BCUT2D eigenvalue weighted by Crippen LogP contribution is -2.37. The first-order valence-corrected chi connectivity index (χ1v) is 17.6. The number of rotatable bonds is 13. The first-order chi connectivity index (χ1) is 25.9. The number of nitrogens with one attached hydrogen (secondary N) is 2. The van der Waals surface area contributed by atoms with E-state index in [1.54, 1.807) is 6.07 Å². The minimum atomic E-state index is -4.07. The number of halogens is 9. The third kappa shape index (κ3) is 8.61. The van der Waals surface area contributed by atoms with Gasteiger partial charge in [-0.25, -0.2) is 40.7 Å². The van der Waals surface area contributed by atoms with Gasteiger partial charge >= 0.3 is 0 Å². The second-order valence-corrected chi connectivity index (χ2v) is 14.2. The Labute approximate surface area is 312 Å². The highest BCUT2D eigenvalue weighted by atomic mass is 32.1. The fourth-order valence-electron chi connectivity index (χ4n) is 6.38. The Morgan fingerprint density at radius 3 is 2.38 bits per heavy atom. The number of aromatic nitrogens is 4. The number of anilines is 1. The van der Waals surface area contributed by atoms with Crippen LogP contribution in [0.1, 0.15) is 59.1 Å². The van der Waals surface area contributed by atoms with Gasteiger partial charge in [0.05, 0.1) is 22.0 Å². The maximum Gasteiger partial charge on any atom is 0.290 e. The minimum absolute atomic E-state index is 0.0144.